The highest BCUT2D eigenvalue weighted by Gasteiger charge is 2.28. The van der Waals surface area contributed by atoms with Crippen molar-refractivity contribution in [1.82, 2.24) is 9.78 Å². The number of nitrogens with zero attached hydrogens (tertiary/aromatic N) is 2. The maximum atomic E-state index is 12.1. The first-order valence-corrected chi connectivity index (χ1v) is 5.23. The number of aryl methyl sites for hydroxylation is 1. The van der Waals surface area contributed by atoms with Crippen molar-refractivity contribution in [2.75, 3.05) is 13.7 Å². The van der Waals surface area contributed by atoms with Gasteiger partial charge < -0.3 is 9.47 Å². The van der Waals surface area contributed by atoms with Gasteiger partial charge in [0.1, 0.15) is 0 Å². The summed E-state index contributed by atoms with van der Waals surface area (Å²) in [4.78, 5) is 11.4. The van der Waals surface area contributed by atoms with E-state index in [1.807, 2.05) is 0 Å². The normalized spacial score (nSPS) is 11.4. The van der Waals surface area contributed by atoms with Crippen LogP contribution >= 0.6 is 0 Å². The van der Waals surface area contributed by atoms with Crippen molar-refractivity contribution in [3.63, 3.8) is 0 Å². The Balaban J connectivity index is 2.81. The van der Waals surface area contributed by atoms with E-state index < -0.39 is 25.1 Å². The monoisotopic (exact) mass is 266 g/mol. The SMILES string of the molecule is CCOC(=O)c1cc(OC)n(CCC(F)(F)F)n1. The van der Waals surface area contributed by atoms with Crippen LogP contribution in [0.25, 0.3) is 0 Å². The van der Waals surface area contributed by atoms with Gasteiger partial charge in [0.05, 0.1) is 26.7 Å². The van der Waals surface area contributed by atoms with E-state index in [2.05, 4.69) is 5.10 Å². The van der Waals surface area contributed by atoms with Crippen molar-refractivity contribution in [2.45, 2.75) is 26.1 Å². The number of halogens is 3. The Morgan fingerprint density at radius 2 is 2.17 bits per heavy atom. The molecule has 18 heavy (non-hydrogen) atoms. The van der Waals surface area contributed by atoms with Crippen molar-refractivity contribution in [1.29, 1.82) is 0 Å². The molecule has 0 N–H and O–H groups in total. The first-order valence-electron chi connectivity index (χ1n) is 5.23. The predicted octanol–water partition coefficient (Wildman–Crippen LogP) is 2.02. The van der Waals surface area contributed by atoms with Gasteiger partial charge in [-0.15, -0.1) is 0 Å². The lowest BCUT2D eigenvalue weighted by molar-refractivity contribution is -0.137. The summed E-state index contributed by atoms with van der Waals surface area (Å²) in [5.74, 6) is -0.608. The van der Waals surface area contributed by atoms with E-state index >= 15 is 0 Å². The number of hydrogen-bond donors (Lipinski definition) is 0. The molecule has 0 spiro atoms. The van der Waals surface area contributed by atoms with Crippen molar-refractivity contribution < 1.29 is 27.4 Å². The molecule has 0 saturated carbocycles. The average Bonchev–Trinajstić information content (AvgIpc) is 2.69. The van der Waals surface area contributed by atoms with Crippen LogP contribution in [-0.2, 0) is 11.3 Å². The van der Waals surface area contributed by atoms with Gasteiger partial charge in [0.15, 0.2) is 5.69 Å². The van der Waals surface area contributed by atoms with Crippen molar-refractivity contribution in [3.8, 4) is 5.88 Å². The molecule has 1 aromatic heterocycles. The summed E-state index contributed by atoms with van der Waals surface area (Å²) >= 11 is 0. The third-order valence-corrected chi connectivity index (χ3v) is 2.04. The molecule has 1 heterocycles. The summed E-state index contributed by atoms with van der Waals surface area (Å²) in [6, 6.07) is 1.24. The fraction of sp³-hybridized carbons (Fsp3) is 0.600. The van der Waals surface area contributed by atoms with Gasteiger partial charge in [-0.3, -0.25) is 0 Å². The number of esters is 1. The zero-order chi connectivity index (χ0) is 13.8. The standard InChI is InChI=1S/C10H13F3N2O3/c1-3-18-9(16)7-6-8(17-2)15(14-7)5-4-10(11,12)13/h6H,3-5H2,1-2H3. The van der Waals surface area contributed by atoms with Crippen molar-refractivity contribution in [2.24, 2.45) is 0 Å². The second-order valence-corrected chi connectivity index (χ2v) is 3.38. The number of hydrogen-bond acceptors (Lipinski definition) is 4. The Hall–Kier alpha value is -1.73. The maximum Gasteiger partial charge on any atom is 0.390 e. The first-order chi connectivity index (χ1) is 8.37. The van der Waals surface area contributed by atoms with E-state index in [1.165, 1.54) is 13.2 Å². The van der Waals surface area contributed by atoms with Crippen LogP contribution in [0.3, 0.4) is 0 Å². The zero-order valence-corrected chi connectivity index (χ0v) is 9.95. The van der Waals surface area contributed by atoms with Crippen LogP contribution in [0.15, 0.2) is 6.07 Å². The third kappa shape index (κ3) is 3.94. The summed E-state index contributed by atoms with van der Waals surface area (Å²) in [5, 5.41) is 3.72. The number of aromatic nitrogens is 2. The van der Waals surface area contributed by atoms with E-state index in [0.717, 1.165) is 4.68 Å². The molecule has 1 aromatic rings. The Labute approximate surface area is 101 Å². The molecule has 0 atom stereocenters. The fourth-order valence-electron chi connectivity index (χ4n) is 1.26. The summed E-state index contributed by atoms with van der Waals surface area (Å²) in [5.41, 5.74) is -0.0733. The van der Waals surface area contributed by atoms with E-state index in [9.17, 15) is 18.0 Å². The highest BCUT2D eigenvalue weighted by atomic mass is 19.4. The number of carbonyl (C=O) groups is 1. The second-order valence-electron chi connectivity index (χ2n) is 3.38. The predicted molar refractivity (Wildman–Crippen MR) is 55.4 cm³/mol. The Morgan fingerprint density at radius 3 is 2.67 bits per heavy atom. The Morgan fingerprint density at radius 1 is 1.50 bits per heavy atom. The van der Waals surface area contributed by atoms with Gasteiger partial charge in [-0.05, 0) is 6.92 Å². The van der Waals surface area contributed by atoms with Crippen LogP contribution in [0.1, 0.15) is 23.8 Å². The Kier molecular flexibility index (Phi) is 4.57. The molecule has 0 bridgehead atoms. The molecular formula is C10H13F3N2O3. The van der Waals surface area contributed by atoms with Gasteiger partial charge in [0.25, 0.3) is 0 Å². The molecule has 0 fully saturated rings. The van der Waals surface area contributed by atoms with Gasteiger partial charge >= 0.3 is 12.1 Å². The Bertz CT molecular complexity index is 415. The van der Waals surface area contributed by atoms with E-state index in [1.54, 1.807) is 6.92 Å². The molecule has 0 unspecified atom stereocenters. The number of methoxy groups -OCH3 is 1. The number of carbonyl (C=O) groups excluding carboxylic acids is 1. The van der Waals surface area contributed by atoms with Crippen molar-refractivity contribution in [3.05, 3.63) is 11.8 Å². The molecule has 0 aliphatic carbocycles. The van der Waals surface area contributed by atoms with Crippen molar-refractivity contribution >= 4 is 5.97 Å². The molecule has 5 nitrogen and oxygen atoms in total. The van der Waals surface area contributed by atoms with Gasteiger partial charge in [0.2, 0.25) is 5.88 Å². The quantitative estimate of drug-likeness (QED) is 0.765. The third-order valence-electron chi connectivity index (χ3n) is 2.04. The van der Waals surface area contributed by atoms with E-state index in [0.29, 0.717) is 0 Å². The molecule has 8 heteroatoms. The van der Waals surface area contributed by atoms with Crippen LogP contribution in [0.5, 0.6) is 5.88 Å². The lowest BCUT2D eigenvalue weighted by Crippen LogP contribution is -2.14. The smallest absolute Gasteiger partial charge is 0.390 e. The summed E-state index contributed by atoms with van der Waals surface area (Å²) in [6.07, 6.45) is -5.34. The fourth-order valence-corrected chi connectivity index (χ4v) is 1.26. The molecule has 1 rings (SSSR count). The van der Waals surface area contributed by atoms with Crippen LogP contribution in [0, 0.1) is 0 Å². The highest BCUT2D eigenvalue weighted by Crippen LogP contribution is 2.22. The summed E-state index contributed by atoms with van der Waals surface area (Å²) in [6.45, 7) is 1.37. The number of ether oxygens (including phenoxy) is 2. The number of alkyl halides is 3. The van der Waals surface area contributed by atoms with Crippen LogP contribution in [0.2, 0.25) is 0 Å². The van der Waals surface area contributed by atoms with Crippen LogP contribution < -0.4 is 4.74 Å². The van der Waals surface area contributed by atoms with Gasteiger partial charge in [-0.2, -0.15) is 18.3 Å². The molecular weight excluding hydrogens is 253 g/mol. The second kappa shape index (κ2) is 5.74. The topological polar surface area (TPSA) is 53.4 Å². The van der Waals surface area contributed by atoms with E-state index in [4.69, 9.17) is 9.47 Å². The minimum Gasteiger partial charge on any atom is -0.481 e. The molecule has 0 aliphatic rings. The maximum absolute atomic E-state index is 12.1. The highest BCUT2D eigenvalue weighted by molar-refractivity contribution is 5.87. The van der Waals surface area contributed by atoms with Crippen LogP contribution in [0.4, 0.5) is 13.2 Å². The first kappa shape index (κ1) is 14.3. The number of rotatable bonds is 5. The molecule has 0 amide bonds. The minimum atomic E-state index is -4.29. The molecule has 0 aliphatic heterocycles. The van der Waals surface area contributed by atoms with Crippen LogP contribution in [-0.4, -0.2) is 35.6 Å². The van der Waals surface area contributed by atoms with E-state index in [-0.39, 0.29) is 18.2 Å². The molecule has 0 aromatic carbocycles. The zero-order valence-electron chi connectivity index (χ0n) is 9.95. The average molecular weight is 266 g/mol. The molecule has 102 valence electrons. The molecule has 0 saturated heterocycles. The minimum absolute atomic E-state index is 0.0733. The van der Waals surface area contributed by atoms with Gasteiger partial charge in [-0.25, -0.2) is 9.48 Å². The largest absolute Gasteiger partial charge is 0.481 e. The summed E-state index contributed by atoms with van der Waals surface area (Å²) < 4.78 is 46.8. The lowest BCUT2D eigenvalue weighted by atomic mass is 10.4. The molecule has 0 radical (unpaired) electrons. The lowest BCUT2D eigenvalue weighted by Gasteiger charge is -2.08. The van der Waals surface area contributed by atoms with Gasteiger partial charge in [-0.1, -0.05) is 0 Å². The van der Waals surface area contributed by atoms with Gasteiger partial charge in [0, 0.05) is 6.07 Å². The summed E-state index contributed by atoms with van der Waals surface area (Å²) in [7, 11) is 1.29.